The van der Waals surface area contributed by atoms with Crippen molar-refractivity contribution in [1.82, 2.24) is 0 Å². The van der Waals surface area contributed by atoms with Crippen molar-refractivity contribution in [3.63, 3.8) is 0 Å². The molecule has 2 aromatic rings. The fourth-order valence-electron chi connectivity index (χ4n) is 2.06. The molecule has 0 unspecified atom stereocenters. The number of hydrogen-bond acceptors (Lipinski definition) is 2. The molecule has 2 rings (SSSR count). The summed E-state index contributed by atoms with van der Waals surface area (Å²) in [4.78, 5) is 12.0. The molecule has 20 heavy (non-hydrogen) atoms. The molecule has 0 radical (unpaired) electrons. The van der Waals surface area contributed by atoms with Gasteiger partial charge in [-0.25, -0.2) is 0 Å². The van der Waals surface area contributed by atoms with Gasteiger partial charge in [-0.05, 0) is 35.7 Å². The SMILES string of the molecule is COc1ccc(NC(=O)C[C@@H](C)c2ccccc2)cc1. The van der Waals surface area contributed by atoms with E-state index in [1.807, 2.05) is 54.6 Å². The second-order valence-corrected chi connectivity index (χ2v) is 4.79. The maximum Gasteiger partial charge on any atom is 0.224 e. The van der Waals surface area contributed by atoms with Gasteiger partial charge < -0.3 is 10.1 Å². The van der Waals surface area contributed by atoms with Crippen LogP contribution < -0.4 is 10.1 Å². The van der Waals surface area contributed by atoms with E-state index in [1.54, 1.807) is 7.11 Å². The lowest BCUT2D eigenvalue weighted by molar-refractivity contribution is -0.116. The number of nitrogens with one attached hydrogen (secondary N) is 1. The van der Waals surface area contributed by atoms with Crippen LogP contribution in [0.4, 0.5) is 5.69 Å². The number of carbonyl (C=O) groups is 1. The summed E-state index contributed by atoms with van der Waals surface area (Å²) in [5, 5.41) is 2.90. The second kappa shape index (κ2) is 6.75. The van der Waals surface area contributed by atoms with Crippen molar-refractivity contribution in [2.75, 3.05) is 12.4 Å². The molecule has 104 valence electrons. The minimum absolute atomic E-state index is 0.0199. The second-order valence-electron chi connectivity index (χ2n) is 4.79. The summed E-state index contributed by atoms with van der Waals surface area (Å²) in [6.07, 6.45) is 0.468. The van der Waals surface area contributed by atoms with E-state index in [2.05, 4.69) is 12.2 Å². The number of benzene rings is 2. The molecule has 3 nitrogen and oxygen atoms in total. The molecule has 0 saturated heterocycles. The Balaban J connectivity index is 1.91. The number of amides is 1. The lowest BCUT2D eigenvalue weighted by Crippen LogP contribution is -2.14. The van der Waals surface area contributed by atoms with Crippen LogP contribution in [0.5, 0.6) is 5.75 Å². The van der Waals surface area contributed by atoms with Gasteiger partial charge in [0.15, 0.2) is 0 Å². The molecule has 3 heteroatoms. The first-order valence-corrected chi connectivity index (χ1v) is 6.68. The quantitative estimate of drug-likeness (QED) is 0.896. The van der Waals surface area contributed by atoms with Crippen LogP contribution in [0.2, 0.25) is 0 Å². The Morgan fingerprint density at radius 1 is 1.10 bits per heavy atom. The smallest absolute Gasteiger partial charge is 0.224 e. The molecule has 0 fully saturated rings. The van der Waals surface area contributed by atoms with Gasteiger partial charge in [0.25, 0.3) is 0 Å². The van der Waals surface area contributed by atoms with E-state index in [1.165, 1.54) is 5.56 Å². The normalized spacial score (nSPS) is 11.7. The van der Waals surface area contributed by atoms with E-state index in [0.717, 1.165) is 11.4 Å². The highest BCUT2D eigenvalue weighted by Gasteiger charge is 2.11. The van der Waals surface area contributed by atoms with Crippen LogP contribution in [-0.2, 0) is 4.79 Å². The third kappa shape index (κ3) is 3.85. The van der Waals surface area contributed by atoms with E-state index in [-0.39, 0.29) is 11.8 Å². The lowest BCUT2D eigenvalue weighted by Gasteiger charge is -2.12. The third-order valence-corrected chi connectivity index (χ3v) is 3.23. The zero-order chi connectivity index (χ0) is 14.4. The molecule has 1 amide bonds. The van der Waals surface area contributed by atoms with Gasteiger partial charge >= 0.3 is 0 Å². The minimum Gasteiger partial charge on any atom is -0.497 e. The largest absolute Gasteiger partial charge is 0.497 e. The van der Waals surface area contributed by atoms with Crippen LogP contribution in [-0.4, -0.2) is 13.0 Å². The molecule has 0 spiro atoms. The summed E-state index contributed by atoms with van der Waals surface area (Å²) in [7, 11) is 1.62. The molecule has 1 atom stereocenters. The molecule has 0 bridgehead atoms. The Morgan fingerprint density at radius 3 is 2.35 bits per heavy atom. The fourth-order valence-corrected chi connectivity index (χ4v) is 2.06. The Kier molecular flexibility index (Phi) is 4.77. The van der Waals surface area contributed by atoms with Crippen LogP contribution >= 0.6 is 0 Å². The minimum atomic E-state index is 0.0199. The van der Waals surface area contributed by atoms with Crippen LogP contribution in [0.1, 0.15) is 24.8 Å². The molecular weight excluding hydrogens is 250 g/mol. The molecule has 0 aliphatic rings. The highest BCUT2D eigenvalue weighted by atomic mass is 16.5. The van der Waals surface area contributed by atoms with E-state index >= 15 is 0 Å². The van der Waals surface area contributed by atoms with Crippen LogP contribution in [0.3, 0.4) is 0 Å². The van der Waals surface area contributed by atoms with Gasteiger partial charge in [0.2, 0.25) is 5.91 Å². The molecule has 0 saturated carbocycles. The van der Waals surface area contributed by atoms with Gasteiger partial charge in [-0.3, -0.25) is 4.79 Å². The van der Waals surface area contributed by atoms with E-state index in [9.17, 15) is 4.79 Å². The third-order valence-electron chi connectivity index (χ3n) is 3.23. The fraction of sp³-hybridized carbons (Fsp3) is 0.235. The van der Waals surface area contributed by atoms with Crippen LogP contribution in [0.25, 0.3) is 0 Å². The predicted octanol–water partition coefficient (Wildman–Crippen LogP) is 3.83. The number of methoxy groups -OCH3 is 1. The Morgan fingerprint density at radius 2 is 1.75 bits per heavy atom. The molecule has 0 aliphatic heterocycles. The standard InChI is InChI=1S/C17H19NO2/c1-13(14-6-4-3-5-7-14)12-17(19)18-15-8-10-16(20-2)11-9-15/h3-11,13H,12H2,1-2H3,(H,18,19)/t13-/m1/s1. The van der Waals surface area contributed by atoms with Crippen molar-refractivity contribution < 1.29 is 9.53 Å². The Hall–Kier alpha value is -2.29. The van der Waals surface area contributed by atoms with Crippen molar-refractivity contribution in [3.8, 4) is 5.75 Å². The summed E-state index contributed by atoms with van der Waals surface area (Å²) in [5.41, 5.74) is 1.97. The number of ether oxygens (including phenoxy) is 1. The topological polar surface area (TPSA) is 38.3 Å². The zero-order valence-corrected chi connectivity index (χ0v) is 11.8. The summed E-state index contributed by atoms with van der Waals surface area (Å²) in [6, 6.07) is 17.4. The average molecular weight is 269 g/mol. The van der Waals surface area contributed by atoms with E-state index in [0.29, 0.717) is 6.42 Å². The van der Waals surface area contributed by atoms with Crippen molar-refractivity contribution >= 4 is 11.6 Å². The Bertz CT molecular complexity index is 549. The van der Waals surface area contributed by atoms with Crippen molar-refractivity contribution in [1.29, 1.82) is 0 Å². The molecule has 0 heterocycles. The zero-order valence-electron chi connectivity index (χ0n) is 11.8. The number of carbonyl (C=O) groups excluding carboxylic acids is 1. The summed E-state index contributed by atoms with van der Waals surface area (Å²) in [6.45, 7) is 2.06. The van der Waals surface area contributed by atoms with E-state index in [4.69, 9.17) is 4.74 Å². The van der Waals surface area contributed by atoms with Gasteiger partial charge in [0.05, 0.1) is 7.11 Å². The molecule has 2 aromatic carbocycles. The first kappa shape index (κ1) is 14.1. The van der Waals surface area contributed by atoms with Crippen molar-refractivity contribution in [2.45, 2.75) is 19.3 Å². The van der Waals surface area contributed by atoms with Crippen LogP contribution in [0, 0.1) is 0 Å². The van der Waals surface area contributed by atoms with Crippen LogP contribution in [0.15, 0.2) is 54.6 Å². The molecule has 1 N–H and O–H groups in total. The highest BCUT2D eigenvalue weighted by molar-refractivity contribution is 5.91. The number of hydrogen-bond donors (Lipinski definition) is 1. The van der Waals surface area contributed by atoms with Gasteiger partial charge in [0, 0.05) is 12.1 Å². The van der Waals surface area contributed by atoms with Crippen molar-refractivity contribution in [3.05, 3.63) is 60.2 Å². The molecule has 0 aromatic heterocycles. The van der Waals surface area contributed by atoms with Gasteiger partial charge in [-0.2, -0.15) is 0 Å². The van der Waals surface area contributed by atoms with E-state index < -0.39 is 0 Å². The number of anilines is 1. The lowest BCUT2D eigenvalue weighted by atomic mass is 9.97. The molecular formula is C17H19NO2. The monoisotopic (exact) mass is 269 g/mol. The summed E-state index contributed by atoms with van der Waals surface area (Å²) in [5.74, 6) is 1.00. The maximum absolute atomic E-state index is 12.0. The first-order valence-electron chi connectivity index (χ1n) is 6.68. The maximum atomic E-state index is 12.0. The van der Waals surface area contributed by atoms with Gasteiger partial charge in [-0.15, -0.1) is 0 Å². The number of rotatable bonds is 5. The summed E-state index contributed by atoms with van der Waals surface area (Å²) >= 11 is 0. The van der Waals surface area contributed by atoms with Gasteiger partial charge in [-0.1, -0.05) is 37.3 Å². The summed E-state index contributed by atoms with van der Waals surface area (Å²) < 4.78 is 5.08. The highest BCUT2D eigenvalue weighted by Crippen LogP contribution is 2.20. The average Bonchev–Trinajstić information content (AvgIpc) is 2.49. The first-order chi connectivity index (χ1) is 9.69. The predicted molar refractivity (Wildman–Crippen MR) is 81.1 cm³/mol. The van der Waals surface area contributed by atoms with Gasteiger partial charge in [0.1, 0.15) is 5.75 Å². The van der Waals surface area contributed by atoms with Crippen molar-refractivity contribution in [2.24, 2.45) is 0 Å². The Labute approximate surface area is 119 Å². The molecule has 0 aliphatic carbocycles.